The minimum absolute atomic E-state index is 0.0244. The summed E-state index contributed by atoms with van der Waals surface area (Å²) >= 11 is 0. The molecular formula is C19H19N3O6S2. The molecule has 2 aliphatic rings. The van der Waals surface area contributed by atoms with Crippen molar-refractivity contribution < 1.29 is 26.4 Å². The minimum atomic E-state index is -3.91. The Morgan fingerprint density at radius 3 is 2.10 bits per heavy atom. The third-order valence-corrected chi connectivity index (χ3v) is 7.62. The van der Waals surface area contributed by atoms with Gasteiger partial charge in [-0.3, -0.25) is 23.5 Å². The molecular weight excluding hydrogens is 430 g/mol. The highest BCUT2D eigenvalue weighted by molar-refractivity contribution is 7.92. The lowest BCUT2D eigenvalue weighted by atomic mass is 10.1. The molecule has 9 nitrogen and oxygen atoms in total. The molecule has 11 heteroatoms. The van der Waals surface area contributed by atoms with Gasteiger partial charge in [0, 0.05) is 25.1 Å². The van der Waals surface area contributed by atoms with Gasteiger partial charge < -0.3 is 0 Å². The van der Waals surface area contributed by atoms with Crippen molar-refractivity contribution in [2.45, 2.75) is 24.2 Å². The van der Waals surface area contributed by atoms with Crippen molar-refractivity contribution in [3.05, 3.63) is 48.0 Å². The van der Waals surface area contributed by atoms with Gasteiger partial charge >= 0.3 is 0 Å². The van der Waals surface area contributed by atoms with Crippen LogP contribution in [0.1, 0.15) is 18.4 Å². The van der Waals surface area contributed by atoms with E-state index < -0.39 is 20.0 Å². The van der Waals surface area contributed by atoms with E-state index in [9.17, 15) is 26.4 Å². The van der Waals surface area contributed by atoms with Gasteiger partial charge in [0.05, 0.1) is 22.5 Å². The first-order valence-corrected chi connectivity index (χ1v) is 12.5. The van der Waals surface area contributed by atoms with E-state index in [-0.39, 0.29) is 29.6 Å². The molecule has 0 spiro atoms. The number of hydrogen-bond acceptors (Lipinski definition) is 6. The Morgan fingerprint density at radius 1 is 0.867 bits per heavy atom. The van der Waals surface area contributed by atoms with E-state index >= 15 is 0 Å². The quantitative estimate of drug-likeness (QED) is 0.690. The van der Waals surface area contributed by atoms with Crippen LogP contribution in [0.15, 0.2) is 47.4 Å². The third kappa shape index (κ3) is 3.65. The number of carbonyl (C=O) groups is 2. The van der Waals surface area contributed by atoms with Crippen LogP contribution in [0.4, 0.5) is 17.1 Å². The standard InChI is InChI=1S/C19H19N3O6S2/c1-29(25,26)21-11-10-13-12-14(2-7-17(13)21)20-30(27,28)16-5-3-15(4-6-16)22-18(23)8-9-19(22)24/h2-7,12,20H,8-11H2,1H3. The Bertz CT molecular complexity index is 1240. The van der Waals surface area contributed by atoms with Crippen LogP contribution in [0, 0.1) is 0 Å². The average molecular weight is 450 g/mol. The maximum atomic E-state index is 12.7. The van der Waals surface area contributed by atoms with E-state index in [0.717, 1.165) is 16.7 Å². The molecule has 1 N–H and O–H groups in total. The number of fused-ring (bicyclic) bond motifs is 1. The number of anilines is 3. The highest BCUT2D eigenvalue weighted by Crippen LogP contribution is 2.33. The normalized spacial score (nSPS) is 16.8. The van der Waals surface area contributed by atoms with Gasteiger partial charge in [0.2, 0.25) is 21.8 Å². The van der Waals surface area contributed by atoms with Crippen LogP contribution in [-0.4, -0.2) is 41.5 Å². The number of carbonyl (C=O) groups excluding carboxylic acids is 2. The molecule has 1 saturated heterocycles. The molecule has 0 radical (unpaired) electrons. The summed E-state index contributed by atoms with van der Waals surface area (Å²) in [7, 11) is -7.29. The Hall–Kier alpha value is -2.92. The van der Waals surface area contributed by atoms with Gasteiger partial charge in [-0.05, 0) is 54.4 Å². The summed E-state index contributed by atoms with van der Waals surface area (Å²) < 4.78 is 52.9. The van der Waals surface area contributed by atoms with E-state index in [0.29, 0.717) is 30.0 Å². The lowest BCUT2D eigenvalue weighted by molar-refractivity contribution is -0.121. The number of sulfonamides is 2. The van der Waals surface area contributed by atoms with Gasteiger partial charge in [-0.25, -0.2) is 16.8 Å². The second kappa shape index (κ2) is 7.10. The molecule has 30 heavy (non-hydrogen) atoms. The Kier molecular flexibility index (Phi) is 4.82. The van der Waals surface area contributed by atoms with E-state index in [2.05, 4.69) is 4.72 Å². The van der Waals surface area contributed by atoms with Crippen LogP contribution in [-0.2, 0) is 36.1 Å². The molecule has 2 aromatic rings. The van der Waals surface area contributed by atoms with Crippen LogP contribution in [0.5, 0.6) is 0 Å². The number of imide groups is 1. The zero-order valence-electron chi connectivity index (χ0n) is 16.0. The first-order valence-electron chi connectivity index (χ1n) is 9.15. The average Bonchev–Trinajstić information content (AvgIpc) is 3.24. The molecule has 1 fully saturated rings. The summed E-state index contributed by atoms with van der Waals surface area (Å²) in [4.78, 5) is 24.7. The van der Waals surface area contributed by atoms with E-state index in [4.69, 9.17) is 0 Å². The number of benzene rings is 2. The lowest BCUT2D eigenvalue weighted by Crippen LogP contribution is -2.28. The van der Waals surface area contributed by atoms with Crippen molar-refractivity contribution in [1.82, 2.24) is 0 Å². The fraction of sp³-hybridized carbons (Fsp3) is 0.263. The molecule has 0 atom stereocenters. The molecule has 4 rings (SSSR count). The SMILES string of the molecule is CS(=O)(=O)N1CCc2cc(NS(=O)(=O)c3ccc(N4C(=O)CCC4=O)cc3)ccc21. The molecule has 2 aliphatic heterocycles. The van der Waals surface area contributed by atoms with Gasteiger partial charge in [0.25, 0.3) is 10.0 Å². The summed E-state index contributed by atoms with van der Waals surface area (Å²) in [5.74, 6) is -0.620. The van der Waals surface area contributed by atoms with Crippen molar-refractivity contribution in [2.75, 3.05) is 26.7 Å². The highest BCUT2D eigenvalue weighted by atomic mass is 32.2. The third-order valence-electron chi connectivity index (χ3n) is 5.04. The second-order valence-corrected chi connectivity index (χ2v) is 10.7. The fourth-order valence-electron chi connectivity index (χ4n) is 3.63. The van der Waals surface area contributed by atoms with Crippen molar-refractivity contribution in [1.29, 1.82) is 0 Å². The van der Waals surface area contributed by atoms with Crippen LogP contribution >= 0.6 is 0 Å². The number of rotatable bonds is 5. The smallest absolute Gasteiger partial charge is 0.261 e. The Balaban J connectivity index is 1.55. The number of amides is 2. The molecule has 158 valence electrons. The van der Waals surface area contributed by atoms with Crippen LogP contribution in [0.25, 0.3) is 0 Å². The first-order chi connectivity index (χ1) is 14.1. The van der Waals surface area contributed by atoms with E-state index in [1.54, 1.807) is 12.1 Å². The summed E-state index contributed by atoms with van der Waals surface area (Å²) in [6, 6.07) is 10.2. The van der Waals surface area contributed by atoms with Crippen molar-refractivity contribution in [3.63, 3.8) is 0 Å². The molecule has 0 aliphatic carbocycles. The summed E-state index contributed by atoms with van der Waals surface area (Å²) in [6.07, 6.45) is 1.92. The Labute approximate surface area is 174 Å². The van der Waals surface area contributed by atoms with E-state index in [1.165, 1.54) is 34.6 Å². The lowest BCUT2D eigenvalue weighted by Gasteiger charge is -2.17. The zero-order valence-corrected chi connectivity index (χ0v) is 17.7. The van der Waals surface area contributed by atoms with Gasteiger partial charge in [-0.15, -0.1) is 0 Å². The predicted molar refractivity (Wildman–Crippen MR) is 111 cm³/mol. The molecule has 2 amide bonds. The van der Waals surface area contributed by atoms with Gasteiger partial charge in [-0.1, -0.05) is 0 Å². The molecule has 0 aromatic heterocycles. The Morgan fingerprint density at radius 2 is 1.50 bits per heavy atom. The minimum Gasteiger partial charge on any atom is -0.280 e. The number of nitrogens with zero attached hydrogens (tertiary/aromatic N) is 2. The van der Waals surface area contributed by atoms with Gasteiger partial charge in [0.1, 0.15) is 0 Å². The topological polar surface area (TPSA) is 121 Å². The van der Waals surface area contributed by atoms with Crippen LogP contribution in [0.3, 0.4) is 0 Å². The monoisotopic (exact) mass is 449 g/mol. The molecule has 0 bridgehead atoms. The predicted octanol–water partition coefficient (Wildman–Crippen LogP) is 1.46. The number of nitrogens with one attached hydrogen (secondary N) is 1. The fourth-order valence-corrected chi connectivity index (χ4v) is 5.64. The molecule has 2 aromatic carbocycles. The maximum Gasteiger partial charge on any atom is 0.261 e. The molecule has 0 saturated carbocycles. The summed E-state index contributed by atoms with van der Waals surface area (Å²) in [6.45, 7) is 0.319. The summed E-state index contributed by atoms with van der Waals surface area (Å²) in [5.41, 5.74) is 1.93. The second-order valence-electron chi connectivity index (χ2n) is 7.15. The van der Waals surface area contributed by atoms with E-state index in [1.807, 2.05) is 0 Å². The van der Waals surface area contributed by atoms with Gasteiger partial charge in [-0.2, -0.15) is 0 Å². The summed E-state index contributed by atoms with van der Waals surface area (Å²) in [5, 5.41) is 0. The largest absolute Gasteiger partial charge is 0.280 e. The van der Waals surface area contributed by atoms with Crippen molar-refractivity contribution >= 4 is 48.9 Å². The first kappa shape index (κ1) is 20.4. The van der Waals surface area contributed by atoms with Crippen LogP contribution in [0.2, 0.25) is 0 Å². The number of hydrogen-bond donors (Lipinski definition) is 1. The van der Waals surface area contributed by atoms with Gasteiger partial charge in [0.15, 0.2) is 0 Å². The zero-order chi connectivity index (χ0) is 21.7. The molecule has 2 heterocycles. The highest BCUT2D eigenvalue weighted by Gasteiger charge is 2.30. The maximum absolute atomic E-state index is 12.7. The van der Waals surface area contributed by atoms with Crippen molar-refractivity contribution in [3.8, 4) is 0 Å². The van der Waals surface area contributed by atoms with Crippen molar-refractivity contribution in [2.24, 2.45) is 0 Å². The molecule has 0 unspecified atom stereocenters. The van der Waals surface area contributed by atoms with Crippen LogP contribution < -0.4 is 13.9 Å².